The lowest BCUT2D eigenvalue weighted by Crippen LogP contribution is -2.36. The Morgan fingerprint density at radius 2 is 2.22 bits per heavy atom. The van der Waals surface area contributed by atoms with Gasteiger partial charge in [-0.05, 0) is 56.5 Å². The van der Waals surface area contributed by atoms with E-state index < -0.39 is 15.8 Å². The summed E-state index contributed by atoms with van der Waals surface area (Å²) in [6, 6.07) is 3.47. The Morgan fingerprint density at radius 1 is 1.43 bits per heavy atom. The molecule has 130 valence electrons. The molecule has 5 nitrogen and oxygen atoms in total. The van der Waals surface area contributed by atoms with E-state index in [0.29, 0.717) is 12.5 Å². The third-order valence-electron chi connectivity index (χ3n) is 4.10. The van der Waals surface area contributed by atoms with Crippen molar-refractivity contribution in [2.45, 2.75) is 31.1 Å². The molecule has 1 saturated heterocycles. The molecule has 1 aliphatic heterocycles. The molecular weight excluding hydrogens is 319 g/mol. The van der Waals surface area contributed by atoms with Gasteiger partial charge in [0.25, 0.3) is 0 Å². The summed E-state index contributed by atoms with van der Waals surface area (Å²) in [6.07, 6.45) is 3.19. The minimum absolute atomic E-state index is 0.142. The van der Waals surface area contributed by atoms with Crippen molar-refractivity contribution in [3.63, 3.8) is 0 Å². The second-order valence-electron chi connectivity index (χ2n) is 6.09. The van der Waals surface area contributed by atoms with E-state index in [1.807, 2.05) is 0 Å². The summed E-state index contributed by atoms with van der Waals surface area (Å²) in [5, 5.41) is 0. The molecule has 7 heteroatoms. The maximum Gasteiger partial charge on any atom is 0.244 e. The van der Waals surface area contributed by atoms with Crippen LogP contribution in [0.15, 0.2) is 23.1 Å². The van der Waals surface area contributed by atoms with Crippen molar-refractivity contribution in [3.8, 4) is 5.75 Å². The van der Waals surface area contributed by atoms with Gasteiger partial charge < -0.3 is 9.64 Å². The average Bonchev–Trinajstić information content (AvgIpc) is 2.52. The first-order chi connectivity index (χ1) is 10.9. The van der Waals surface area contributed by atoms with Crippen molar-refractivity contribution in [2.75, 3.05) is 33.3 Å². The normalized spacial score (nSPS) is 19.7. The number of nitrogens with one attached hydrogen (secondary N) is 1. The van der Waals surface area contributed by atoms with E-state index in [-0.39, 0.29) is 10.6 Å². The van der Waals surface area contributed by atoms with Crippen LogP contribution in [0.2, 0.25) is 0 Å². The van der Waals surface area contributed by atoms with Crippen molar-refractivity contribution in [2.24, 2.45) is 5.92 Å². The Kier molecular flexibility index (Phi) is 6.38. The maximum absolute atomic E-state index is 13.3. The summed E-state index contributed by atoms with van der Waals surface area (Å²) in [7, 11) is -2.41. The van der Waals surface area contributed by atoms with Gasteiger partial charge in [-0.15, -0.1) is 0 Å². The molecule has 1 N–H and O–H groups in total. The Balaban J connectivity index is 1.88. The molecule has 0 aliphatic carbocycles. The third kappa shape index (κ3) is 5.16. The van der Waals surface area contributed by atoms with E-state index in [9.17, 15) is 12.8 Å². The fourth-order valence-corrected chi connectivity index (χ4v) is 4.19. The molecule has 0 bridgehead atoms. The molecule has 0 unspecified atom stereocenters. The Hall–Kier alpha value is -1.18. The first kappa shape index (κ1) is 18.2. The van der Waals surface area contributed by atoms with Gasteiger partial charge >= 0.3 is 0 Å². The topological polar surface area (TPSA) is 58.6 Å². The van der Waals surface area contributed by atoms with Crippen LogP contribution in [0.1, 0.15) is 26.2 Å². The number of hydrogen-bond donors (Lipinski definition) is 1. The van der Waals surface area contributed by atoms with Crippen molar-refractivity contribution in [3.05, 3.63) is 24.0 Å². The van der Waals surface area contributed by atoms with E-state index >= 15 is 0 Å². The number of benzene rings is 1. The zero-order valence-electron chi connectivity index (χ0n) is 13.7. The quantitative estimate of drug-likeness (QED) is 0.771. The van der Waals surface area contributed by atoms with Gasteiger partial charge in [0.1, 0.15) is 16.5 Å². The molecule has 1 aromatic carbocycles. The van der Waals surface area contributed by atoms with Crippen LogP contribution in [0.4, 0.5) is 4.39 Å². The predicted molar refractivity (Wildman–Crippen MR) is 87.6 cm³/mol. The fourth-order valence-electron chi connectivity index (χ4n) is 2.94. The standard InChI is InChI=1S/C16H25FN2O3S/c1-13-5-3-9-19(12-13)10-4-8-18-23(20,21)16-11-14(17)6-7-15(16)22-2/h6-7,11,13,18H,3-5,8-10,12H2,1-2H3/t13-/m1/s1. The molecule has 23 heavy (non-hydrogen) atoms. The number of rotatable bonds is 7. The van der Waals surface area contributed by atoms with E-state index in [1.165, 1.54) is 32.1 Å². The lowest BCUT2D eigenvalue weighted by atomic mass is 10.0. The highest BCUT2D eigenvalue weighted by molar-refractivity contribution is 7.89. The highest BCUT2D eigenvalue weighted by Gasteiger charge is 2.20. The number of methoxy groups -OCH3 is 1. The predicted octanol–water partition coefficient (Wildman–Crippen LogP) is 2.23. The number of sulfonamides is 1. The molecule has 1 fully saturated rings. The SMILES string of the molecule is COc1ccc(F)cc1S(=O)(=O)NCCCN1CCC[C@@H](C)C1. The second-order valence-corrected chi connectivity index (χ2v) is 7.83. The largest absolute Gasteiger partial charge is 0.495 e. The van der Waals surface area contributed by atoms with Crippen LogP contribution < -0.4 is 9.46 Å². The van der Waals surface area contributed by atoms with E-state index in [1.54, 1.807) is 0 Å². The number of likely N-dealkylation sites (tertiary alicyclic amines) is 1. The highest BCUT2D eigenvalue weighted by atomic mass is 32.2. The molecule has 1 atom stereocenters. The first-order valence-corrected chi connectivity index (χ1v) is 9.46. The monoisotopic (exact) mass is 344 g/mol. The highest BCUT2D eigenvalue weighted by Crippen LogP contribution is 2.24. The van der Waals surface area contributed by atoms with Crippen LogP contribution in [-0.4, -0.2) is 46.6 Å². The summed E-state index contributed by atoms with van der Waals surface area (Å²) in [5.41, 5.74) is 0. The molecule has 1 aromatic rings. The zero-order chi connectivity index (χ0) is 16.9. The fraction of sp³-hybridized carbons (Fsp3) is 0.625. The van der Waals surface area contributed by atoms with Crippen LogP contribution in [0.3, 0.4) is 0 Å². The third-order valence-corrected chi connectivity index (χ3v) is 5.58. The van der Waals surface area contributed by atoms with E-state index in [4.69, 9.17) is 4.74 Å². The van der Waals surface area contributed by atoms with Gasteiger partial charge in [0.2, 0.25) is 10.0 Å². The zero-order valence-corrected chi connectivity index (χ0v) is 14.5. The van der Waals surface area contributed by atoms with Gasteiger partial charge in [0.05, 0.1) is 7.11 Å². The molecule has 0 radical (unpaired) electrons. The van der Waals surface area contributed by atoms with Gasteiger partial charge in [-0.25, -0.2) is 17.5 Å². The van der Waals surface area contributed by atoms with Crippen molar-refractivity contribution < 1.29 is 17.5 Å². The van der Waals surface area contributed by atoms with Crippen LogP contribution in [0.5, 0.6) is 5.75 Å². The van der Waals surface area contributed by atoms with Crippen LogP contribution in [0, 0.1) is 11.7 Å². The van der Waals surface area contributed by atoms with E-state index in [2.05, 4.69) is 16.5 Å². The number of halogens is 1. The van der Waals surface area contributed by atoms with Gasteiger partial charge in [0.15, 0.2) is 0 Å². The maximum atomic E-state index is 13.3. The summed E-state index contributed by atoms with van der Waals surface area (Å²) >= 11 is 0. The lowest BCUT2D eigenvalue weighted by Gasteiger charge is -2.30. The van der Waals surface area contributed by atoms with Crippen LogP contribution in [-0.2, 0) is 10.0 Å². The smallest absolute Gasteiger partial charge is 0.244 e. The van der Waals surface area contributed by atoms with Gasteiger partial charge in [-0.2, -0.15) is 0 Å². The Labute approximate surface area is 137 Å². The van der Waals surface area contributed by atoms with Gasteiger partial charge in [-0.1, -0.05) is 6.92 Å². The molecule has 0 aromatic heterocycles. The van der Waals surface area contributed by atoms with Crippen LogP contribution >= 0.6 is 0 Å². The summed E-state index contributed by atoms with van der Waals surface area (Å²) in [4.78, 5) is 2.21. The molecule has 2 rings (SSSR count). The molecular formula is C16H25FN2O3S. The van der Waals surface area contributed by atoms with Crippen molar-refractivity contribution in [1.29, 1.82) is 0 Å². The molecule has 0 spiro atoms. The van der Waals surface area contributed by atoms with Gasteiger partial charge in [-0.3, -0.25) is 0 Å². The number of hydrogen-bond acceptors (Lipinski definition) is 4. The first-order valence-electron chi connectivity index (χ1n) is 7.98. The Morgan fingerprint density at radius 3 is 2.91 bits per heavy atom. The van der Waals surface area contributed by atoms with Gasteiger partial charge in [0, 0.05) is 13.1 Å². The minimum Gasteiger partial charge on any atom is -0.495 e. The number of nitrogens with zero attached hydrogens (tertiary/aromatic N) is 1. The Bertz CT molecular complexity index is 622. The second kappa shape index (κ2) is 8.08. The average molecular weight is 344 g/mol. The number of piperidine rings is 1. The molecule has 0 amide bonds. The minimum atomic E-state index is -3.77. The number of ether oxygens (including phenoxy) is 1. The van der Waals surface area contributed by atoms with E-state index in [0.717, 1.165) is 32.1 Å². The molecule has 1 aliphatic rings. The summed E-state index contributed by atoms with van der Waals surface area (Å²) in [5.74, 6) is 0.245. The molecule has 1 heterocycles. The lowest BCUT2D eigenvalue weighted by molar-refractivity contribution is 0.182. The van der Waals surface area contributed by atoms with Crippen LogP contribution in [0.25, 0.3) is 0 Å². The van der Waals surface area contributed by atoms with Crippen molar-refractivity contribution >= 4 is 10.0 Å². The molecule has 0 saturated carbocycles. The van der Waals surface area contributed by atoms with Crippen molar-refractivity contribution in [1.82, 2.24) is 9.62 Å². The summed E-state index contributed by atoms with van der Waals surface area (Å²) < 4.78 is 45.5. The summed E-state index contributed by atoms with van der Waals surface area (Å²) in [6.45, 7) is 5.59.